The number of rotatable bonds is 3. The van der Waals surface area contributed by atoms with Crippen LogP contribution < -0.4 is 5.49 Å². The summed E-state index contributed by atoms with van der Waals surface area (Å²) in [5.74, 6) is -1.95. The van der Waals surface area contributed by atoms with E-state index in [1.54, 1.807) is 6.07 Å². The smallest absolute Gasteiger partial charge is 0.376 e. The molecule has 1 saturated heterocycles. The largest absolute Gasteiger partial charge is 0.419 e. The van der Waals surface area contributed by atoms with Gasteiger partial charge in [0.15, 0.2) is 11.3 Å². The van der Waals surface area contributed by atoms with Gasteiger partial charge in [-0.15, -0.1) is 0 Å². The topological polar surface area (TPSA) is 67.6 Å². The van der Waals surface area contributed by atoms with Crippen molar-refractivity contribution in [3.63, 3.8) is 0 Å². The highest BCUT2D eigenvalue weighted by Crippen LogP contribution is 2.32. The number of benzene rings is 1. The van der Waals surface area contributed by atoms with Crippen LogP contribution in [0, 0.1) is 17.3 Å². The molecule has 2 heterocycles. The van der Waals surface area contributed by atoms with Crippen LogP contribution in [-0.4, -0.2) is 27.9 Å². The second-order valence-corrected chi connectivity index (χ2v) is 8.69. The van der Waals surface area contributed by atoms with E-state index in [1.807, 2.05) is 37.2 Å². The molecule has 0 aliphatic carbocycles. The highest BCUT2D eigenvalue weighted by atomic mass is 19.4. The van der Waals surface area contributed by atoms with E-state index in [4.69, 9.17) is 10.00 Å². The Bertz CT molecular complexity index is 1120. The van der Waals surface area contributed by atoms with Crippen molar-refractivity contribution in [1.29, 1.82) is 5.26 Å². The molecule has 1 aromatic heterocycles. The fraction of sp³-hybridized carbons (Fsp3) is 0.500. The van der Waals surface area contributed by atoms with E-state index >= 15 is 0 Å². The van der Waals surface area contributed by atoms with Crippen LogP contribution in [0.5, 0.6) is 0 Å². The molecule has 32 heavy (non-hydrogen) atoms. The molecule has 6 nitrogen and oxygen atoms in total. The molecule has 0 unspecified atom stereocenters. The Balaban J connectivity index is 2.20. The summed E-state index contributed by atoms with van der Waals surface area (Å²) in [5.41, 5.74) is -0.957. The first kappa shape index (κ1) is 23.7. The van der Waals surface area contributed by atoms with E-state index in [0.717, 1.165) is 30.7 Å². The van der Waals surface area contributed by atoms with Gasteiger partial charge in [-0.1, -0.05) is 26.8 Å². The zero-order valence-corrected chi connectivity index (χ0v) is 18.4. The molecule has 0 N–H and O–H groups in total. The quantitative estimate of drug-likeness (QED) is 0.302. The average molecular weight is 451 g/mol. The summed E-state index contributed by atoms with van der Waals surface area (Å²) >= 11 is 0. The summed E-state index contributed by atoms with van der Waals surface area (Å²) in [6.07, 6.45) is -1.61. The van der Waals surface area contributed by atoms with Crippen LogP contribution in [0.1, 0.15) is 50.4 Å². The summed E-state index contributed by atoms with van der Waals surface area (Å²) < 4.78 is 63.7. The van der Waals surface area contributed by atoms with Crippen molar-refractivity contribution in [2.45, 2.75) is 57.9 Å². The van der Waals surface area contributed by atoms with Gasteiger partial charge in [-0.3, -0.25) is 9.36 Å². The predicted molar refractivity (Wildman–Crippen MR) is 110 cm³/mol. The van der Waals surface area contributed by atoms with Crippen molar-refractivity contribution in [2.75, 3.05) is 6.61 Å². The van der Waals surface area contributed by atoms with Crippen molar-refractivity contribution in [3.05, 3.63) is 52.4 Å². The summed E-state index contributed by atoms with van der Waals surface area (Å²) in [7, 11) is 1.85. The van der Waals surface area contributed by atoms with Crippen LogP contribution in [0.2, 0.25) is 0 Å². The molecule has 0 amide bonds. The van der Waals surface area contributed by atoms with Gasteiger partial charge in [0.2, 0.25) is 6.19 Å². The highest BCUT2D eigenvalue weighted by molar-refractivity contribution is 6.00. The Labute approximate surface area is 183 Å². The third-order valence-corrected chi connectivity index (χ3v) is 5.33. The van der Waals surface area contributed by atoms with E-state index in [1.165, 1.54) is 6.19 Å². The number of halogens is 4. The Morgan fingerprint density at radius 3 is 2.56 bits per heavy atom. The molecule has 1 fully saturated rings. The normalized spacial score (nSPS) is 18.3. The molecule has 2 aromatic rings. The van der Waals surface area contributed by atoms with Crippen LogP contribution in [0.3, 0.4) is 0 Å². The molecule has 1 aromatic carbocycles. The van der Waals surface area contributed by atoms with Gasteiger partial charge in [0, 0.05) is 30.8 Å². The van der Waals surface area contributed by atoms with Crippen LogP contribution in [0.15, 0.2) is 34.3 Å². The zero-order valence-electron chi connectivity index (χ0n) is 18.4. The third kappa shape index (κ3) is 4.93. The van der Waals surface area contributed by atoms with Gasteiger partial charge < -0.3 is 4.74 Å². The maximum Gasteiger partial charge on any atom is 0.419 e. The summed E-state index contributed by atoms with van der Waals surface area (Å²) in [5, 5.41) is 9.11. The summed E-state index contributed by atoms with van der Waals surface area (Å²) in [6, 6.07) is 4.60. The van der Waals surface area contributed by atoms with Gasteiger partial charge in [-0.25, -0.2) is 9.38 Å². The van der Waals surface area contributed by atoms with Crippen LogP contribution >= 0.6 is 0 Å². The van der Waals surface area contributed by atoms with Crippen molar-refractivity contribution in [1.82, 2.24) is 9.36 Å². The summed E-state index contributed by atoms with van der Waals surface area (Å²) in [6.45, 7) is 7.15. The molecule has 0 spiro atoms. The SMILES string of the molecule is Cn1c(C(C)(C)C)cc(=NC(=NC#N)c2cccc(C(F)(F)F)c2F)n1C[C@H]1CCCO1. The lowest BCUT2D eigenvalue weighted by molar-refractivity contribution is -0.140. The maximum atomic E-state index is 14.7. The van der Waals surface area contributed by atoms with Gasteiger partial charge >= 0.3 is 6.18 Å². The van der Waals surface area contributed by atoms with E-state index in [9.17, 15) is 17.6 Å². The van der Waals surface area contributed by atoms with E-state index < -0.39 is 29.0 Å². The highest BCUT2D eigenvalue weighted by Gasteiger charge is 2.35. The van der Waals surface area contributed by atoms with Crippen molar-refractivity contribution in [3.8, 4) is 6.19 Å². The van der Waals surface area contributed by atoms with Crippen LogP contribution in [-0.2, 0) is 29.9 Å². The second-order valence-electron chi connectivity index (χ2n) is 8.69. The number of ether oxygens (including phenoxy) is 1. The van der Waals surface area contributed by atoms with Gasteiger partial charge in [-0.05, 0) is 25.0 Å². The fourth-order valence-electron chi connectivity index (χ4n) is 3.79. The molecule has 0 radical (unpaired) electrons. The fourth-order valence-corrected chi connectivity index (χ4v) is 3.79. The first-order chi connectivity index (χ1) is 14.9. The second kappa shape index (κ2) is 8.90. The lowest BCUT2D eigenvalue weighted by atomic mass is 9.92. The van der Waals surface area contributed by atoms with Crippen LogP contribution in [0.4, 0.5) is 17.6 Å². The average Bonchev–Trinajstić information content (AvgIpc) is 3.30. The molecule has 172 valence electrons. The monoisotopic (exact) mass is 451 g/mol. The lowest BCUT2D eigenvalue weighted by Gasteiger charge is -2.21. The molecular weight excluding hydrogens is 426 g/mol. The van der Waals surface area contributed by atoms with Crippen molar-refractivity contribution < 1.29 is 22.3 Å². The number of aromatic nitrogens is 2. The minimum Gasteiger partial charge on any atom is -0.376 e. The van der Waals surface area contributed by atoms with Crippen molar-refractivity contribution in [2.24, 2.45) is 17.0 Å². The number of nitrogens with zero attached hydrogens (tertiary/aromatic N) is 5. The number of alkyl halides is 3. The Morgan fingerprint density at radius 1 is 1.28 bits per heavy atom. The predicted octanol–water partition coefficient (Wildman–Crippen LogP) is 4.29. The number of nitriles is 1. The van der Waals surface area contributed by atoms with Gasteiger partial charge in [0.25, 0.3) is 0 Å². The zero-order chi connectivity index (χ0) is 23.7. The molecule has 0 saturated carbocycles. The first-order valence-electron chi connectivity index (χ1n) is 10.2. The number of aliphatic imine (C=N–C) groups is 1. The minimum atomic E-state index is -4.89. The Kier molecular flexibility index (Phi) is 6.60. The minimum absolute atomic E-state index is 0.0444. The van der Waals surface area contributed by atoms with Gasteiger partial charge in [0.05, 0.1) is 23.8 Å². The summed E-state index contributed by atoms with van der Waals surface area (Å²) in [4.78, 5) is 7.89. The Hall–Kier alpha value is -2.93. The first-order valence-corrected chi connectivity index (χ1v) is 10.2. The van der Waals surface area contributed by atoms with E-state index in [2.05, 4.69) is 9.98 Å². The van der Waals surface area contributed by atoms with Gasteiger partial charge in [0.1, 0.15) is 5.82 Å². The van der Waals surface area contributed by atoms with Gasteiger partial charge in [-0.2, -0.15) is 23.4 Å². The third-order valence-electron chi connectivity index (χ3n) is 5.33. The molecule has 1 aliphatic rings. The van der Waals surface area contributed by atoms with E-state index in [0.29, 0.717) is 24.7 Å². The Morgan fingerprint density at radius 2 is 2.00 bits per heavy atom. The molecule has 1 atom stereocenters. The molecule has 10 heteroatoms. The number of hydrogen-bond acceptors (Lipinski definition) is 3. The number of hydrogen-bond donors (Lipinski definition) is 0. The standard InChI is InChI=1S/C22H25F4N5O/c1-21(2,3)17-11-18(31(30(17)4)12-14-7-6-10-32-14)29-20(28-13-27)15-8-5-9-16(19(15)23)22(24,25)26/h5,8-9,11,14H,6-7,10,12H2,1-4H3/t14-/m1/s1. The number of amidine groups is 1. The van der Waals surface area contributed by atoms with E-state index in [-0.39, 0.29) is 11.5 Å². The molecule has 1 aliphatic heterocycles. The van der Waals surface area contributed by atoms with Crippen LogP contribution in [0.25, 0.3) is 0 Å². The molecular formula is C22H25F4N5O. The van der Waals surface area contributed by atoms with Crippen molar-refractivity contribution >= 4 is 5.84 Å². The lowest BCUT2D eigenvalue weighted by Crippen LogP contribution is -2.30. The maximum absolute atomic E-state index is 14.7. The molecule has 0 bridgehead atoms. The molecule has 3 rings (SSSR count).